The lowest BCUT2D eigenvalue weighted by Crippen LogP contribution is -2.07. The zero-order valence-corrected chi connectivity index (χ0v) is 22.2. The second-order valence-electron chi connectivity index (χ2n) is 10.2. The van der Waals surface area contributed by atoms with Crippen LogP contribution in [0.2, 0.25) is 0 Å². The fraction of sp³-hybridized carbons (Fsp3) is 0.933. The molecular formula is C30H58O2. The molecule has 0 aliphatic carbocycles. The van der Waals surface area contributed by atoms with Crippen molar-refractivity contribution in [2.75, 3.05) is 0 Å². The Labute approximate surface area is 202 Å². The summed E-state index contributed by atoms with van der Waals surface area (Å²) in [5.74, 6) is 0.336. The largest absolute Gasteiger partial charge is 0.299 e. The quantitative estimate of drug-likeness (QED) is 0.0921. The molecule has 32 heavy (non-hydrogen) atoms. The first-order valence-corrected chi connectivity index (χ1v) is 14.7. The van der Waals surface area contributed by atoms with Gasteiger partial charge in [-0.1, -0.05) is 149 Å². The molecule has 0 amide bonds. The van der Waals surface area contributed by atoms with Crippen molar-refractivity contribution < 1.29 is 9.59 Å². The van der Waals surface area contributed by atoms with E-state index >= 15 is 0 Å². The summed E-state index contributed by atoms with van der Waals surface area (Å²) in [6, 6.07) is 0. The van der Waals surface area contributed by atoms with E-state index < -0.39 is 0 Å². The van der Waals surface area contributed by atoms with Crippen LogP contribution in [0.1, 0.15) is 181 Å². The second kappa shape index (κ2) is 26.6. The van der Waals surface area contributed by atoms with Gasteiger partial charge < -0.3 is 0 Å². The van der Waals surface area contributed by atoms with E-state index in [-0.39, 0.29) is 18.0 Å². The third kappa shape index (κ3) is 25.6. The van der Waals surface area contributed by atoms with Crippen LogP contribution < -0.4 is 0 Å². The average Bonchev–Trinajstić information content (AvgIpc) is 2.78. The van der Waals surface area contributed by atoms with Gasteiger partial charge in [0.25, 0.3) is 0 Å². The minimum atomic E-state index is 0.167. The number of hydrogen-bond donors (Lipinski definition) is 0. The van der Waals surface area contributed by atoms with E-state index in [4.69, 9.17) is 0 Å². The van der Waals surface area contributed by atoms with Gasteiger partial charge in [0.05, 0.1) is 6.42 Å². The van der Waals surface area contributed by atoms with Gasteiger partial charge in [0, 0.05) is 12.8 Å². The molecule has 0 aliphatic rings. The van der Waals surface area contributed by atoms with E-state index in [9.17, 15) is 9.59 Å². The van der Waals surface area contributed by atoms with Gasteiger partial charge >= 0.3 is 0 Å². The predicted molar refractivity (Wildman–Crippen MR) is 141 cm³/mol. The Morgan fingerprint density at radius 3 is 0.812 bits per heavy atom. The summed E-state index contributed by atoms with van der Waals surface area (Å²) in [5, 5.41) is 0. The second-order valence-corrected chi connectivity index (χ2v) is 10.2. The Kier molecular flexibility index (Phi) is 26.0. The number of rotatable bonds is 27. The first kappa shape index (κ1) is 31.3. The van der Waals surface area contributed by atoms with Gasteiger partial charge in [-0.3, -0.25) is 9.59 Å². The van der Waals surface area contributed by atoms with Gasteiger partial charge in [0.15, 0.2) is 0 Å². The molecule has 0 saturated heterocycles. The fourth-order valence-corrected chi connectivity index (χ4v) is 4.55. The van der Waals surface area contributed by atoms with E-state index in [1.165, 1.54) is 122 Å². The van der Waals surface area contributed by atoms with Crippen LogP contribution in [0.4, 0.5) is 0 Å². The summed E-state index contributed by atoms with van der Waals surface area (Å²) in [5.41, 5.74) is 0. The Balaban J connectivity index is 3.26. The van der Waals surface area contributed by atoms with Crippen LogP contribution in [-0.4, -0.2) is 11.6 Å². The Bertz CT molecular complexity index is 402. The van der Waals surface area contributed by atoms with Gasteiger partial charge in [0.1, 0.15) is 11.6 Å². The number of carbonyl (C=O) groups is 2. The van der Waals surface area contributed by atoms with Crippen LogP contribution in [0.25, 0.3) is 0 Å². The van der Waals surface area contributed by atoms with Crippen LogP contribution in [0, 0.1) is 0 Å². The molecule has 0 bridgehead atoms. The summed E-state index contributed by atoms with van der Waals surface area (Å²) in [4.78, 5) is 23.9. The highest BCUT2D eigenvalue weighted by Crippen LogP contribution is 2.15. The van der Waals surface area contributed by atoms with Crippen molar-refractivity contribution >= 4 is 11.6 Å². The Morgan fingerprint density at radius 2 is 0.562 bits per heavy atom. The van der Waals surface area contributed by atoms with Gasteiger partial charge in [-0.25, -0.2) is 0 Å². The van der Waals surface area contributed by atoms with Crippen molar-refractivity contribution in [3.8, 4) is 0 Å². The van der Waals surface area contributed by atoms with Gasteiger partial charge in [-0.2, -0.15) is 0 Å². The molecule has 0 N–H and O–H groups in total. The van der Waals surface area contributed by atoms with Crippen LogP contribution in [-0.2, 0) is 9.59 Å². The van der Waals surface area contributed by atoms with Crippen molar-refractivity contribution in [2.24, 2.45) is 0 Å². The van der Waals surface area contributed by atoms with Crippen molar-refractivity contribution in [1.82, 2.24) is 0 Å². The smallest absolute Gasteiger partial charge is 0.140 e. The molecule has 0 unspecified atom stereocenters. The molecule has 190 valence electrons. The Morgan fingerprint density at radius 1 is 0.344 bits per heavy atom. The topological polar surface area (TPSA) is 34.1 Å². The lowest BCUT2D eigenvalue weighted by Gasteiger charge is -2.04. The SMILES string of the molecule is CCCCCCCCCCCCCCCCCCC(=O)CC(=O)CCCCCCCCC. The summed E-state index contributed by atoms with van der Waals surface area (Å²) < 4.78 is 0. The normalized spacial score (nSPS) is 11.2. The molecule has 0 saturated carbocycles. The van der Waals surface area contributed by atoms with Crippen LogP contribution in [0.3, 0.4) is 0 Å². The van der Waals surface area contributed by atoms with Crippen molar-refractivity contribution in [3.63, 3.8) is 0 Å². The maximum Gasteiger partial charge on any atom is 0.140 e. The monoisotopic (exact) mass is 450 g/mol. The third-order valence-corrected chi connectivity index (χ3v) is 6.76. The lowest BCUT2D eigenvalue weighted by atomic mass is 10.0. The molecule has 0 aromatic carbocycles. The van der Waals surface area contributed by atoms with Gasteiger partial charge in [-0.15, -0.1) is 0 Å². The van der Waals surface area contributed by atoms with Gasteiger partial charge in [0.2, 0.25) is 0 Å². The molecule has 2 nitrogen and oxygen atoms in total. The number of carbonyl (C=O) groups excluding carboxylic acids is 2. The van der Waals surface area contributed by atoms with Crippen LogP contribution in [0.15, 0.2) is 0 Å². The van der Waals surface area contributed by atoms with E-state index in [2.05, 4.69) is 13.8 Å². The Hall–Kier alpha value is -0.660. The highest BCUT2D eigenvalue weighted by molar-refractivity contribution is 5.98. The van der Waals surface area contributed by atoms with Crippen LogP contribution in [0.5, 0.6) is 0 Å². The number of unbranched alkanes of at least 4 members (excludes halogenated alkanes) is 21. The molecule has 0 fully saturated rings. The highest BCUT2D eigenvalue weighted by atomic mass is 16.1. The molecule has 0 atom stereocenters. The van der Waals surface area contributed by atoms with E-state index in [1.54, 1.807) is 0 Å². The highest BCUT2D eigenvalue weighted by Gasteiger charge is 2.09. The fourth-order valence-electron chi connectivity index (χ4n) is 4.55. The third-order valence-electron chi connectivity index (χ3n) is 6.76. The summed E-state index contributed by atoms with van der Waals surface area (Å²) >= 11 is 0. The molecule has 0 spiro atoms. The van der Waals surface area contributed by atoms with Crippen molar-refractivity contribution in [2.45, 2.75) is 181 Å². The lowest BCUT2D eigenvalue weighted by molar-refractivity contribution is -0.127. The zero-order valence-electron chi connectivity index (χ0n) is 22.2. The van der Waals surface area contributed by atoms with E-state index in [1.807, 2.05) is 0 Å². The minimum absolute atomic E-state index is 0.167. The molecule has 0 aliphatic heterocycles. The molecule has 0 radical (unpaired) electrons. The maximum absolute atomic E-state index is 12.0. The average molecular weight is 451 g/mol. The van der Waals surface area contributed by atoms with E-state index in [0.29, 0.717) is 12.8 Å². The minimum Gasteiger partial charge on any atom is -0.299 e. The molecule has 0 rings (SSSR count). The summed E-state index contributed by atoms with van der Waals surface area (Å²) in [7, 11) is 0. The molecular weight excluding hydrogens is 392 g/mol. The number of ketones is 2. The summed E-state index contributed by atoms with van der Waals surface area (Å²) in [6.07, 6.45) is 31.6. The van der Waals surface area contributed by atoms with Crippen molar-refractivity contribution in [1.29, 1.82) is 0 Å². The van der Waals surface area contributed by atoms with Crippen LogP contribution >= 0.6 is 0 Å². The van der Waals surface area contributed by atoms with Crippen molar-refractivity contribution in [3.05, 3.63) is 0 Å². The zero-order chi connectivity index (χ0) is 23.5. The van der Waals surface area contributed by atoms with Gasteiger partial charge in [-0.05, 0) is 12.8 Å². The summed E-state index contributed by atoms with van der Waals surface area (Å²) in [6.45, 7) is 4.51. The number of Topliss-reactive ketones (excluding diaryl/α,β-unsaturated/α-hetero) is 2. The predicted octanol–water partition coefficient (Wildman–Crippen LogP) is 10.3. The molecule has 0 heterocycles. The molecule has 2 heteroatoms. The maximum atomic E-state index is 12.0. The standard InChI is InChI=1S/C30H58O2/c1-3-5-7-9-11-12-13-14-15-16-17-18-19-21-23-25-27-30(32)28-29(31)26-24-22-20-10-8-6-4-2/h3-28H2,1-2H3. The first-order valence-electron chi connectivity index (χ1n) is 14.7. The first-order chi connectivity index (χ1) is 15.7. The molecule has 0 aromatic rings. The van der Waals surface area contributed by atoms with E-state index in [0.717, 1.165) is 25.7 Å². The number of hydrogen-bond acceptors (Lipinski definition) is 2. The molecule has 0 aromatic heterocycles.